The Morgan fingerprint density at radius 3 is 2.81 bits per heavy atom. The van der Waals surface area contributed by atoms with Crippen LogP contribution in [-0.2, 0) is 9.84 Å². The number of aliphatic hydroxyl groups is 1. The van der Waals surface area contributed by atoms with Gasteiger partial charge in [-0.2, -0.15) is 0 Å². The molecular weight excluding hydrogens is 226 g/mol. The fraction of sp³-hybridized carbons (Fsp3) is 0.818. The summed E-state index contributed by atoms with van der Waals surface area (Å²) < 4.78 is 22.6. The van der Waals surface area contributed by atoms with Crippen molar-refractivity contribution < 1.29 is 13.5 Å². The first-order valence-corrected chi connectivity index (χ1v) is 7.46. The summed E-state index contributed by atoms with van der Waals surface area (Å²) in [7, 11) is -0.955. The second-order valence-electron chi connectivity index (χ2n) is 4.52. The van der Waals surface area contributed by atoms with Gasteiger partial charge in [-0.05, 0) is 26.3 Å². The van der Waals surface area contributed by atoms with Crippen LogP contribution in [0.4, 0.5) is 0 Å². The minimum atomic E-state index is -2.83. The minimum Gasteiger partial charge on any atom is -0.392 e. The standard InChI is InChI=1S/C11H21NO3S/c1-3-4-5-11(13)8-12(2)10-6-7-16(14,15)9-10/h3,10-11,13H,1,4-9H2,2H3. The van der Waals surface area contributed by atoms with Gasteiger partial charge in [0.05, 0.1) is 17.6 Å². The van der Waals surface area contributed by atoms with Crippen molar-refractivity contribution in [3.05, 3.63) is 12.7 Å². The highest BCUT2D eigenvalue weighted by Gasteiger charge is 2.30. The lowest BCUT2D eigenvalue weighted by Crippen LogP contribution is -2.38. The van der Waals surface area contributed by atoms with Crippen molar-refractivity contribution in [1.82, 2.24) is 4.90 Å². The molecule has 0 aromatic heterocycles. The average Bonchev–Trinajstić information content (AvgIpc) is 2.56. The number of likely N-dealkylation sites (N-methyl/N-ethyl adjacent to an activating group) is 1. The number of hydrogen-bond acceptors (Lipinski definition) is 4. The third-order valence-electron chi connectivity index (χ3n) is 3.03. The molecule has 1 aliphatic heterocycles. The summed E-state index contributed by atoms with van der Waals surface area (Å²) >= 11 is 0. The lowest BCUT2D eigenvalue weighted by molar-refractivity contribution is 0.103. The van der Waals surface area contributed by atoms with Crippen LogP contribution in [0, 0.1) is 0 Å². The zero-order valence-electron chi connectivity index (χ0n) is 9.80. The first-order chi connectivity index (χ1) is 7.44. The highest BCUT2D eigenvalue weighted by molar-refractivity contribution is 7.91. The molecule has 1 fully saturated rings. The van der Waals surface area contributed by atoms with Crippen molar-refractivity contribution >= 4 is 9.84 Å². The van der Waals surface area contributed by atoms with E-state index in [0.717, 1.165) is 6.42 Å². The van der Waals surface area contributed by atoms with Crippen molar-refractivity contribution in [3.8, 4) is 0 Å². The van der Waals surface area contributed by atoms with Crippen LogP contribution in [0.2, 0.25) is 0 Å². The zero-order chi connectivity index (χ0) is 12.2. The lowest BCUT2D eigenvalue weighted by Gasteiger charge is -2.25. The van der Waals surface area contributed by atoms with Crippen molar-refractivity contribution in [1.29, 1.82) is 0 Å². The fourth-order valence-corrected chi connectivity index (χ4v) is 3.81. The largest absolute Gasteiger partial charge is 0.392 e. The Labute approximate surface area is 97.9 Å². The molecule has 0 aliphatic carbocycles. The maximum atomic E-state index is 11.3. The van der Waals surface area contributed by atoms with Gasteiger partial charge in [-0.1, -0.05) is 6.08 Å². The van der Waals surface area contributed by atoms with Crippen molar-refractivity contribution in [2.45, 2.75) is 31.4 Å². The zero-order valence-corrected chi connectivity index (χ0v) is 10.6. The second-order valence-corrected chi connectivity index (χ2v) is 6.75. The van der Waals surface area contributed by atoms with Crippen LogP contribution >= 0.6 is 0 Å². The molecule has 0 saturated carbocycles. The maximum absolute atomic E-state index is 11.3. The molecule has 2 unspecified atom stereocenters. The number of allylic oxidation sites excluding steroid dienone is 1. The monoisotopic (exact) mass is 247 g/mol. The van der Waals surface area contributed by atoms with Crippen molar-refractivity contribution in [2.24, 2.45) is 0 Å². The molecule has 0 aromatic rings. The summed E-state index contributed by atoms with van der Waals surface area (Å²) in [5.74, 6) is 0.516. The molecule has 0 spiro atoms. The molecule has 5 heteroatoms. The van der Waals surface area contributed by atoms with Gasteiger partial charge in [0.2, 0.25) is 0 Å². The Morgan fingerprint density at radius 2 is 2.31 bits per heavy atom. The highest BCUT2D eigenvalue weighted by Crippen LogP contribution is 2.17. The molecule has 2 atom stereocenters. The lowest BCUT2D eigenvalue weighted by atomic mass is 10.1. The average molecular weight is 247 g/mol. The summed E-state index contributed by atoms with van der Waals surface area (Å²) in [6.07, 6.45) is 3.55. The van der Waals surface area contributed by atoms with Crippen LogP contribution in [0.1, 0.15) is 19.3 Å². The highest BCUT2D eigenvalue weighted by atomic mass is 32.2. The van der Waals surface area contributed by atoms with Gasteiger partial charge in [-0.25, -0.2) is 8.42 Å². The third kappa shape index (κ3) is 4.23. The van der Waals surface area contributed by atoms with Gasteiger partial charge in [0.15, 0.2) is 9.84 Å². The topological polar surface area (TPSA) is 57.6 Å². The van der Waals surface area contributed by atoms with Gasteiger partial charge in [-0.3, -0.25) is 4.90 Å². The van der Waals surface area contributed by atoms with Crippen LogP contribution in [-0.4, -0.2) is 55.7 Å². The number of sulfone groups is 1. The summed E-state index contributed by atoms with van der Waals surface area (Å²) in [4.78, 5) is 1.96. The summed E-state index contributed by atoms with van der Waals surface area (Å²) in [6, 6.07) is 0.0726. The van der Waals surface area contributed by atoms with Gasteiger partial charge < -0.3 is 5.11 Å². The van der Waals surface area contributed by atoms with Crippen LogP contribution in [0.3, 0.4) is 0 Å². The third-order valence-corrected chi connectivity index (χ3v) is 4.78. The van der Waals surface area contributed by atoms with Crippen LogP contribution in [0.15, 0.2) is 12.7 Å². The van der Waals surface area contributed by atoms with E-state index in [2.05, 4.69) is 6.58 Å². The molecule has 16 heavy (non-hydrogen) atoms. The number of aliphatic hydroxyl groups excluding tert-OH is 1. The Balaban J connectivity index is 2.35. The van der Waals surface area contributed by atoms with Gasteiger partial charge in [0.25, 0.3) is 0 Å². The number of rotatable bonds is 6. The van der Waals surface area contributed by atoms with Gasteiger partial charge >= 0.3 is 0 Å². The summed E-state index contributed by atoms with van der Waals surface area (Å²) in [5, 5.41) is 9.70. The SMILES string of the molecule is C=CCCC(O)CN(C)C1CCS(=O)(=O)C1. The van der Waals surface area contributed by atoms with E-state index in [-0.39, 0.29) is 17.5 Å². The van der Waals surface area contributed by atoms with E-state index in [1.807, 2.05) is 11.9 Å². The van der Waals surface area contributed by atoms with Crippen molar-refractivity contribution in [2.75, 3.05) is 25.1 Å². The fourth-order valence-electron chi connectivity index (χ4n) is 2.01. The molecule has 1 rings (SSSR count). The van der Waals surface area contributed by atoms with Crippen LogP contribution in [0.5, 0.6) is 0 Å². The predicted octanol–water partition coefficient (Wildman–Crippen LogP) is 0.432. The molecule has 1 N–H and O–H groups in total. The molecule has 1 heterocycles. The van der Waals surface area contributed by atoms with E-state index in [1.54, 1.807) is 6.08 Å². The van der Waals surface area contributed by atoms with E-state index < -0.39 is 15.9 Å². The summed E-state index contributed by atoms with van der Waals surface area (Å²) in [5.41, 5.74) is 0. The van der Waals surface area contributed by atoms with E-state index in [9.17, 15) is 13.5 Å². The normalized spacial score (nSPS) is 25.8. The predicted molar refractivity (Wildman–Crippen MR) is 65.1 cm³/mol. The smallest absolute Gasteiger partial charge is 0.151 e. The summed E-state index contributed by atoms with van der Waals surface area (Å²) in [6.45, 7) is 4.14. The van der Waals surface area contributed by atoms with Crippen molar-refractivity contribution in [3.63, 3.8) is 0 Å². The molecule has 0 bridgehead atoms. The molecule has 0 aromatic carbocycles. The van der Waals surface area contributed by atoms with Crippen LogP contribution in [0.25, 0.3) is 0 Å². The van der Waals surface area contributed by atoms with E-state index in [4.69, 9.17) is 0 Å². The molecule has 1 saturated heterocycles. The number of nitrogens with zero attached hydrogens (tertiary/aromatic N) is 1. The Kier molecular flexibility index (Phi) is 4.95. The molecular formula is C11H21NO3S. The van der Waals surface area contributed by atoms with E-state index in [1.165, 1.54) is 0 Å². The molecule has 4 nitrogen and oxygen atoms in total. The molecule has 1 aliphatic rings. The van der Waals surface area contributed by atoms with Gasteiger partial charge in [0, 0.05) is 12.6 Å². The Hall–Kier alpha value is -0.390. The first kappa shape index (κ1) is 13.7. The molecule has 0 radical (unpaired) electrons. The van der Waals surface area contributed by atoms with E-state index in [0.29, 0.717) is 19.4 Å². The first-order valence-electron chi connectivity index (χ1n) is 5.64. The second kappa shape index (κ2) is 5.80. The maximum Gasteiger partial charge on any atom is 0.151 e. The Morgan fingerprint density at radius 1 is 1.62 bits per heavy atom. The van der Waals surface area contributed by atoms with Crippen LogP contribution < -0.4 is 0 Å². The molecule has 0 amide bonds. The molecule has 94 valence electrons. The minimum absolute atomic E-state index is 0.0726. The number of hydrogen-bond donors (Lipinski definition) is 1. The van der Waals surface area contributed by atoms with E-state index >= 15 is 0 Å². The Bertz CT molecular complexity index is 326. The van der Waals surface area contributed by atoms with Gasteiger partial charge in [-0.15, -0.1) is 6.58 Å². The quantitative estimate of drug-likeness (QED) is 0.692. The van der Waals surface area contributed by atoms with Gasteiger partial charge in [0.1, 0.15) is 0 Å².